The Morgan fingerprint density at radius 1 is 1.24 bits per heavy atom. The Bertz CT molecular complexity index is 631. The molecule has 0 unspecified atom stereocenters. The normalized spacial score (nSPS) is 10.2. The first-order valence-electron chi connectivity index (χ1n) is 6.55. The molecule has 0 heterocycles. The second-order valence-electron chi connectivity index (χ2n) is 4.66. The highest BCUT2D eigenvalue weighted by atomic mass is 35.5. The summed E-state index contributed by atoms with van der Waals surface area (Å²) < 4.78 is 5.56. The zero-order chi connectivity index (χ0) is 15.2. The number of nitrogens with two attached hydrogens (primary N) is 1. The van der Waals surface area contributed by atoms with Gasteiger partial charge in [0.1, 0.15) is 12.4 Å². The lowest BCUT2D eigenvalue weighted by molar-refractivity contribution is 0.0774. The van der Waals surface area contributed by atoms with Gasteiger partial charge in [0.25, 0.3) is 5.91 Å². The van der Waals surface area contributed by atoms with E-state index in [2.05, 4.69) is 0 Å². The minimum absolute atomic E-state index is 0.0861. The number of carbonyl (C=O) groups excluding carboxylic acids is 1. The summed E-state index contributed by atoms with van der Waals surface area (Å²) in [7, 11) is 1.73. The van der Waals surface area contributed by atoms with Crippen LogP contribution in [0.2, 0.25) is 5.02 Å². The van der Waals surface area contributed by atoms with Crippen molar-refractivity contribution in [2.24, 2.45) is 0 Å². The third-order valence-corrected chi connectivity index (χ3v) is 3.21. The number of rotatable bonds is 5. The van der Waals surface area contributed by atoms with Crippen LogP contribution in [-0.4, -0.2) is 31.0 Å². The Labute approximate surface area is 129 Å². The Hall–Kier alpha value is -2.20. The zero-order valence-electron chi connectivity index (χ0n) is 11.8. The number of likely N-dealkylation sites (N-methyl/N-ethyl adjacent to an activating group) is 1. The Morgan fingerprint density at radius 2 is 2.00 bits per heavy atom. The van der Waals surface area contributed by atoms with Crippen molar-refractivity contribution in [2.45, 2.75) is 0 Å². The van der Waals surface area contributed by atoms with Crippen LogP contribution in [0, 0.1) is 0 Å². The molecule has 2 N–H and O–H groups in total. The highest BCUT2D eigenvalue weighted by molar-refractivity contribution is 6.30. The van der Waals surface area contributed by atoms with Gasteiger partial charge in [0.2, 0.25) is 0 Å². The van der Waals surface area contributed by atoms with Crippen LogP contribution in [0.15, 0.2) is 48.5 Å². The van der Waals surface area contributed by atoms with E-state index in [1.807, 2.05) is 12.1 Å². The smallest absolute Gasteiger partial charge is 0.253 e. The van der Waals surface area contributed by atoms with E-state index in [0.717, 1.165) is 0 Å². The van der Waals surface area contributed by atoms with Gasteiger partial charge in [0.05, 0.1) is 6.54 Å². The SMILES string of the molecule is CN(CCOc1cccc(Cl)c1)C(=O)c1cccc(N)c1. The molecule has 2 aromatic rings. The fourth-order valence-electron chi connectivity index (χ4n) is 1.85. The minimum atomic E-state index is -0.0861. The third-order valence-electron chi connectivity index (χ3n) is 2.97. The lowest BCUT2D eigenvalue weighted by Gasteiger charge is -2.17. The van der Waals surface area contributed by atoms with E-state index in [-0.39, 0.29) is 5.91 Å². The average Bonchev–Trinajstić information content (AvgIpc) is 2.46. The molecule has 0 bridgehead atoms. The van der Waals surface area contributed by atoms with Gasteiger partial charge in [-0.05, 0) is 36.4 Å². The van der Waals surface area contributed by atoms with E-state index >= 15 is 0 Å². The predicted molar refractivity (Wildman–Crippen MR) is 84.8 cm³/mol. The second kappa shape index (κ2) is 6.99. The number of amides is 1. The van der Waals surface area contributed by atoms with E-state index in [9.17, 15) is 4.79 Å². The molecule has 2 rings (SSSR count). The van der Waals surface area contributed by atoms with Crippen molar-refractivity contribution in [1.29, 1.82) is 0 Å². The fourth-order valence-corrected chi connectivity index (χ4v) is 2.03. The first-order chi connectivity index (χ1) is 10.1. The number of hydrogen-bond donors (Lipinski definition) is 1. The van der Waals surface area contributed by atoms with Crippen molar-refractivity contribution in [1.82, 2.24) is 4.90 Å². The van der Waals surface area contributed by atoms with Crippen LogP contribution in [0.1, 0.15) is 10.4 Å². The average molecular weight is 305 g/mol. The molecule has 4 nitrogen and oxygen atoms in total. The standard InChI is InChI=1S/C16H17ClN2O2/c1-19(16(20)12-4-2-6-14(18)10-12)8-9-21-15-7-3-5-13(17)11-15/h2-7,10-11H,8-9,18H2,1H3. The molecule has 0 aromatic heterocycles. The first kappa shape index (κ1) is 15.2. The summed E-state index contributed by atoms with van der Waals surface area (Å²) in [5.74, 6) is 0.601. The monoisotopic (exact) mass is 304 g/mol. The quantitative estimate of drug-likeness (QED) is 0.864. The van der Waals surface area contributed by atoms with Crippen molar-refractivity contribution < 1.29 is 9.53 Å². The Balaban J connectivity index is 1.87. The molecule has 0 saturated heterocycles. The number of carbonyl (C=O) groups is 1. The zero-order valence-corrected chi connectivity index (χ0v) is 12.5. The summed E-state index contributed by atoms with van der Waals surface area (Å²) in [6, 6.07) is 14.1. The molecule has 0 saturated carbocycles. The van der Waals surface area contributed by atoms with E-state index in [1.165, 1.54) is 0 Å². The van der Waals surface area contributed by atoms with Gasteiger partial charge in [-0.2, -0.15) is 0 Å². The van der Waals surface area contributed by atoms with Crippen molar-refractivity contribution in [3.05, 3.63) is 59.1 Å². The van der Waals surface area contributed by atoms with Crippen LogP contribution in [0.3, 0.4) is 0 Å². The van der Waals surface area contributed by atoms with E-state index in [4.69, 9.17) is 22.1 Å². The summed E-state index contributed by atoms with van der Waals surface area (Å²) in [6.07, 6.45) is 0. The summed E-state index contributed by atoms with van der Waals surface area (Å²) in [5, 5.41) is 0.622. The van der Waals surface area contributed by atoms with Crippen LogP contribution < -0.4 is 10.5 Å². The van der Waals surface area contributed by atoms with Crippen LogP contribution in [0.25, 0.3) is 0 Å². The van der Waals surface area contributed by atoms with Gasteiger partial charge in [-0.1, -0.05) is 23.7 Å². The molecule has 2 aromatic carbocycles. The molecule has 0 radical (unpaired) electrons. The lowest BCUT2D eigenvalue weighted by Crippen LogP contribution is -2.30. The molecule has 21 heavy (non-hydrogen) atoms. The predicted octanol–water partition coefficient (Wildman–Crippen LogP) is 3.07. The lowest BCUT2D eigenvalue weighted by atomic mass is 10.2. The van der Waals surface area contributed by atoms with Gasteiger partial charge in [-0.3, -0.25) is 4.79 Å². The number of anilines is 1. The van der Waals surface area contributed by atoms with Crippen LogP contribution in [-0.2, 0) is 0 Å². The molecule has 5 heteroatoms. The molecule has 0 fully saturated rings. The second-order valence-corrected chi connectivity index (χ2v) is 5.09. The van der Waals surface area contributed by atoms with Crippen LogP contribution >= 0.6 is 11.6 Å². The maximum atomic E-state index is 12.2. The summed E-state index contributed by atoms with van der Waals surface area (Å²) in [6.45, 7) is 0.866. The van der Waals surface area contributed by atoms with E-state index < -0.39 is 0 Å². The molecule has 1 amide bonds. The van der Waals surface area contributed by atoms with E-state index in [1.54, 1.807) is 48.3 Å². The summed E-state index contributed by atoms with van der Waals surface area (Å²) >= 11 is 5.88. The number of benzene rings is 2. The maximum Gasteiger partial charge on any atom is 0.253 e. The van der Waals surface area contributed by atoms with Gasteiger partial charge < -0.3 is 15.4 Å². The highest BCUT2D eigenvalue weighted by Crippen LogP contribution is 2.17. The molecule has 0 spiro atoms. The van der Waals surface area contributed by atoms with Crippen LogP contribution in [0.4, 0.5) is 5.69 Å². The van der Waals surface area contributed by atoms with Crippen molar-refractivity contribution in [3.8, 4) is 5.75 Å². The van der Waals surface area contributed by atoms with Gasteiger partial charge >= 0.3 is 0 Å². The Morgan fingerprint density at radius 3 is 2.71 bits per heavy atom. The number of nitrogen functional groups attached to an aromatic ring is 1. The van der Waals surface area contributed by atoms with Crippen molar-refractivity contribution >= 4 is 23.2 Å². The van der Waals surface area contributed by atoms with Crippen molar-refractivity contribution in [3.63, 3.8) is 0 Å². The Kier molecular flexibility index (Phi) is 5.06. The van der Waals surface area contributed by atoms with Crippen molar-refractivity contribution in [2.75, 3.05) is 25.9 Å². The third kappa shape index (κ3) is 4.39. The topological polar surface area (TPSA) is 55.6 Å². The molecule has 0 aliphatic carbocycles. The van der Waals surface area contributed by atoms with E-state index in [0.29, 0.717) is 35.2 Å². The van der Waals surface area contributed by atoms with Gasteiger partial charge in [0.15, 0.2) is 0 Å². The number of nitrogens with zero attached hydrogens (tertiary/aromatic N) is 1. The molecular weight excluding hydrogens is 288 g/mol. The largest absolute Gasteiger partial charge is 0.492 e. The summed E-state index contributed by atoms with van der Waals surface area (Å²) in [4.78, 5) is 13.8. The molecule has 0 aliphatic rings. The maximum absolute atomic E-state index is 12.2. The number of hydrogen-bond acceptors (Lipinski definition) is 3. The highest BCUT2D eigenvalue weighted by Gasteiger charge is 2.11. The van der Waals surface area contributed by atoms with Gasteiger partial charge in [-0.25, -0.2) is 0 Å². The van der Waals surface area contributed by atoms with Crippen LogP contribution in [0.5, 0.6) is 5.75 Å². The molecule has 0 atom stereocenters. The van der Waals surface area contributed by atoms with Gasteiger partial charge in [-0.15, -0.1) is 0 Å². The molecular formula is C16H17ClN2O2. The first-order valence-corrected chi connectivity index (χ1v) is 6.93. The van der Waals surface area contributed by atoms with Gasteiger partial charge in [0, 0.05) is 23.3 Å². The number of halogens is 1. The minimum Gasteiger partial charge on any atom is -0.492 e. The fraction of sp³-hybridized carbons (Fsp3) is 0.188. The molecule has 0 aliphatic heterocycles. The molecule has 110 valence electrons. The summed E-state index contributed by atoms with van der Waals surface area (Å²) in [5.41, 5.74) is 6.82. The number of ether oxygens (including phenoxy) is 1.